The van der Waals surface area contributed by atoms with Crippen molar-refractivity contribution in [3.8, 4) is 5.88 Å². The molecule has 1 aliphatic rings. The minimum Gasteiger partial charge on any atom is -0.478 e. The Balaban J connectivity index is 1.65. The van der Waals surface area contributed by atoms with Gasteiger partial charge in [-0.3, -0.25) is 4.79 Å². The second kappa shape index (κ2) is 7.12. The molecular formula is C18H18N2O4. The first-order valence-corrected chi connectivity index (χ1v) is 7.82. The van der Waals surface area contributed by atoms with E-state index in [1.165, 1.54) is 0 Å². The molecule has 6 heteroatoms. The van der Waals surface area contributed by atoms with Gasteiger partial charge in [0.25, 0.3) is 5.91 Å². The summed E-state index contributed by atoms with van der Waals surface area (Å²) in [6, 6.07) is 10.8. The number of esters is 1. The molecule has 1 N–H and O–H groups in total. The van der Waals surface area contributed by atoms with Crippen LogP contribution in [0.3, 0.4) is 0 Å². The molecule has 1 aromatic carbocycles. The third-order valence-corrected chi connectivity index (χ3v) is 3.77. The van der Waals surface area contributed by atoms with Gasteiger partial charge in [-0.05, 0) is 24.6 Å². The summed E-state index contributed by atoms with van der Waals surface area (Å²) in [5, 5.41) is 2.78. The Morgan fingerprint density at radius 2 is 2.17 bits per heavy atom. The number of hydrogen-bond donors (Lipinski definition) is 1. The largest absolute Gasteiger partial charge is 0.478 e. The third-order valence-electron chi connectivity index (χ3n) is 3.77. The molecule has 0 saturated carbocycles. The molecule has 1 amide bonds. The SMILES string of the molecule is CCOc1ncccc1CNC(=O)[C@@H]1Cc2ccccc2C(=O)O1. The summed E-state index contributed by atoms with van der Waals surface area (Å²) in [6.45, 7) is 2.63. The van der Waals surface area contributed by atoms with Crippen LogP contribution in [-0.2, 0) is 22.5 Å². The van der Waals surface area contributed by atoms with Crippen molar-refractivity contribution in [1.82, 2.24) is 10.3 Å². The number of nitrogens with zero attached hydrogens (tertiary/aromatic N) is 1. The molecule has 2 heterocycles. The topological polar surface area (TPSA) is 77.5 Å². The van der Waals surface area contributed by atoms with Crippen molar-refractivity contribution in [3.63, 3.8) is 0 Å². The molecule has 0 spiro atoms. The van der Waals surface area contributed by atoms with E-state index in [1.807, 2.05) is 25.1 Å². The average Bonchev–Trinajstić information content (AvgIpc) is 2.61. The highest BCUT2D eigenvalue weighted by Gasteiger charge is 2.30. The number of carbonyl (C=O) groups excluding carboxylic acids is 2. The Labute approximate surface area is 139 Å². The van der Waals surface area contributed by atoms with Gasteiger partial charge in [0, 0.05) is 24.7 Å². The number of hydrogen-bond acceptors (Lipinski definition) is 5. The maximum Gasteiger partial charge on any atom is 0.339 e. The molecule has 0 bridgehead atoms. The summed E-state index contributed by atoms with van der Waals surface area (Å²) < 4.78 is 10.7. The van der Waals surface area contributed by atoms with Gasteiger partial charge in [0.15, 0.2) is 6.10 Å². The summed E-state index contributed by atoms with van der Waals surface area (Å²) >= 11 is 0. The molecule has 6 nitrogen and oxygen atoms in total. The van der Waals surface area contributed by atoms with E-state index in [-0.39, 0.29) is 12.5 Å². The number of ether oxygens (including phenoxy) is 2. The van der Waals surface area contributed by atoms with Crippen LogP contribution in [0.25, 0.3) is 0 Å². The van der Waals surface area contributed by atoms with Crippen LogP contribution in [0.15, 0.2) is 42.6 Å². The van der Waals surface area contributed by atoms with Gasteiger partial charge in [0.2, 0.25) is 5.88 Å². The van der Waals surface area contributed by atoms with Crippen LogP contribution < -0.4 is 10.1 Å². The summed E-state index contributed by atoms with van der Waals surface area (Å²) in [6.07, 6.45) is 1.19. The number of benzene rings is 1. The zero-order valence-corrected chi connectivity index (χ0v) is 13.3. The van der Waals surface area contributed by atoms with E-state index in [0.29, 0.717) is 24.5 Å². The highest BCUT2D eigenvalue weighted by Crippen LogP contribution is 2.21. The number of carbonyl (C=O) groups is 2. The average molecular weight is 326 g/mol. The van der Waals surface area contributed by atoms with Gasteiger partial charge in [-0.2, -0.15) is 0 Å². The van der Waals surface area contributed by atoms with Gasteiger partial charge in [0.1, 0.15) is 0 Å². The van der Waals surface area contributed by atoms with Crippen LogP contribution in [0, 0.1) is 0 Å². The molecule has 0 fully saturated rings. The molecule has 2 aromatic rings. The van der Waals surface area contributed by atoms with Gasteiger partial charge in [-0.1, -0.05) is 24.3 Å². The predicted molar refractivity (Wildman–Crippen MR) is 86.6 cm³/mol. The fourth-order valence-corrected chi connectivity index (χ4v) is 2.60. The second-order valence-electron chi connectivity index (χ2n) is 5.37. The lowest BCUT2D eigenvalue weighted by molar-refractivity contribution is -0.130. The Morgan fingerprint density at radius 3 is 3.00 bits per heavy atom. The van der Waals surface area contributed by atoms with Crippen molar-refractivity contribution in [2.75, 3.05) is 6.61 Å². The second-order valence-corrected chi connectivity index (χ2v) is 5.37. The van der Waals surface area contributed by atoms with E-state index in [0.717, 1.165) is 11.1 Å². The molecule has 1 aromatic heterocycles. The van der Waals surface area contributed by atoms with Gasteiger partial charge in [0.05, 0.1) is 12.2 Å². The highest BCUT2D eigenvalue weighted by atomic mass is 16.5. The maximum absolute atomic E-state index is 12.3. The van der Waals surface area contributed by atoms with Crippen molar-refractivity contribution in [2.24, 2.45) is 0 Å². The van der Waals surface area contributed by atoms with Crippen LogP contribution >= 0.6 is 0 Å². The molecule has 3 rings (SSSR count). The van der Waals surface area contributed by atoms with Crippen LogP contribution in [-0.4, -0.2) is 29.6 Å². The lowest BCUT2D eigenvalue weighted by Gasteiger charge is -2.23. The number of nitrogens with one attached hydrogen (secondary N) is 1. The maximum atomic E-state index is 12.3. The van der Waals surface area contributed by atoms with Crippen molar-refractivity contribution in [1.29, 1.82) is 0 Å². The van der Waals surface area contributed by atoms with E-state index in [4.69, 9.17) is 9.47 Å². The van der Waals surface area contributed by atoms with E-state index in [1.54, 1.807) is 24.4 Å². The molecule has 24 heavy (non-hydrogen) atoms. The van der Waals surface area contributed by atoms with E-state index in [9.17, 15) is 9.59 Å². The Bertz CT molecular complexity index is 760. The van der Waals surface area contributed by atoms with Crippen molar-refractivity contribution in [3.05, 3.63) is 59.3 Å². The minimum atomic E-state index is -0.820. The number of pyridine rings is 1. The monoisotopic (exact) mass is 326 g/mol. The zero-order chi connectivity index (χ0) is 16.9. The molecule has 1 aliphatic heterocycles. The molecule has 0 saturated heterocycles. The first-order valence-electron chi connectivity index (χ1n) is 7.82. The molecular weight excluding hydrogens is 308 g/mol. The lowest BCUT2D eigenvalue weighted by atomic mass is 9.98. The first kappa shape index (κ1) is 16.0. The van der Waals surface area contributed by atoms with Crippen LogP contribution in [0.2, 0.25) is 0 Å². The van der Waals surface area contributed by atoms with Gasteiger partial charge >= 0.3 is 5.97 Å². The van der Waals surface area contributed by atoms with Gasteiger partial charge in [-0.25, -0.2) is 9.78 Å². The predicted octanol–water partition coefficient (Wildman–Crippen LogP) is 1.88. The van der Waals surface area contributed by atoms with Crippen molar-refractivity contribution >= 4 is 11.9 Å². The number of rotatable bonds is 5. The molecule has 1 atom stereocenters. The van der Waals surface area contributed by atoms with Gasteiger partial charge < -0.3 is 14.8 Å². The van der Waals surface area contributed by atoms with Crippen LogP contribution in [0.5, 0.6) is 5.88 Å². The Morgan fingerprint density at radius 1 is 1.33 bits per heavy atom. The summed E-state index contributed by atoms with van der Waals surface area (Å²) in [5.41, 5.74) is 2.12. The smallest absolute Gasteiger partial charge is 0.339 e. The minimum absolute atomic E-state index is 0.262. The van der Waals surface area contributed by atoms with Gasteiger partial charge in [-0.15, -0.1) is 0 Å². The number of aromatic nitrogens is 1. The zero-order valence-electron chi connectivity index (χ0n) is 13.3. The van der Waals surface area contributed by atoms with E-state index >= 15 is 0 Å². The number of cyclic esters (lactones) is 1. The van der Waals surface area contributed by atoms with Crippen LogP contribution in [0.4, 0.5) is 0 Å². The highest BCUT2D eigenvalue weighted by molar-refractivity contribution is 5.95. The van der Waals surface area contributed by atoms with Crippen LogP contribution in [0.1, 0.15) is 28.4 Å². The molecule has 0 unspecified atom stereocenters. The van der Waals surface area contributed by atoms with Crippen molar-refractivity contribution in [2.45, 2.75) is 26.0 Å². The summed E-state index contributed by atoms with van der Waals surface area (Å²) in [4.78, 5) is 28.5. The van der Waals surface area contributed by atoms with E-state index < -0.39 is 12.1 Å². The summed E-state index contributed by atoms with van der Waals surface area (Å²) in [5.74, 6) is -0.302. The number of amides is 1. The fraction of sp³-hybridized carbons (Fsp3) is 0.278. The summed E-state index contributed by atoms with van der Waals surface area (Å²) in [7, 11) is 0. The lowest BCUT2D eigenvalue weighted by Crippen LogP contribution is -2.41. The fourth-order valence-electron chi connectivity index (χ4n) is 2.60. The Hall–Kier alpha value is -2.89. The normalized spacial score (nSPS) is 16.0. The Kier molecular flexibility index (Phi) is 4.74. The standard InChI is InChI=1S/C18H18N2O4/c1-2-23-17-13(7-5-9-19-17)11-20-16(21)15-10-12-6-3-4-8-14(12)18(22)24-15/h3-9,15H,2,10-11H2,1H3,(H,20,21)/t15-/m0/s1. The first-order chi connectivity index (χ1) is 11.7. The van der Waals surface area contributed by atoms with E-state index in [2.05, 4.69) is 10.3 Å². The number of fused-ring (bicyclic) bond motifs is 1. The quantitative estimate of drug-likeness (QED) is 0.849. The van der Waals surface area contributed by atoms with Crippen molar-refractivity contribution < 1.29 is 19.1 Å². The molecule has 0 aliphatic carbocycles. The molecule has 124 valence electrons. The molecule has 0 radical (unpaired) electrons. The third kappa shape index (κ3) is 3.37.